The maximum Gasteiger partial charge on any atom is 0.414 e. The number of methoxy groups -OCH3 is 1. The maximum atomic E-state index is 12.2. The highest BCUT2D eigenvalue weighted by molar-refractivity contribution is 6.33. The largest absolute Gasteiger partial charge is 0.464 e. The number of amides is 1. The molecule has 0 atom stereocenters. The lowest BCUT2D eigenvalue weighted by Gasteiger charge is -2.25. The van der Waals surface area contributed by atoms with Gasteiger partial charge in [0.25, 0.3) is 0 Å². The van der Waals surface area contributed by atoms with Crippen LogP contribution in [0.4, 0.5) is 10.5 Å². The van der Waals surface area contributed by atoms with Gasteiger partial charge in [-0.2, -0.15) is 0 Å². The van der Waals surface area contributed by atoms with Gasteiger partial charge in [-0.25, -0.2) is 14.6 Å². The molecule has 0 aliphatic rings. The Balaban J connectivity index is 2.30. The first kappa shape index (κ1) is 20.7. The smallest absolute Gasteiger partial charge is 0.414 e. The van der Waals surface area contributed by atoms with Crippen molar-refractivity contribution >= 4 is 29.4 Å². The standard InChI is InChI=1S/C20H23ClN2O4/c1-12-9-13(11-22-17(12)18(24)26-6)15-8-7-14(10-16(15)21)23(5)19(25)27-20(2,3)4/h7-11H,1-6H3. The van der Waals surface area contributed by atoms with E-state index < -0.39 is 17.7 Å². The molecular weight excluding hydrogens is 368 g/mol. The molecule has 144 valence electrons. The molecule has 27 heavy (non-hydrogen) atoms. The summed E-state index contributed by atoms with van der Waals surface area (Å²) in [5, 5.41) is 0.454. The zero-order valence-corrected chi connectivity index (χ0v) is 17.0. The van der Waals surface area contributed by atoms with E-state index >= 15 is 0 Å². The van der Waals surface area contributed by atoms with Gasteiger partial charge in [-0.15, -0.1) is 0 Å². The van der Waals surface area contributed by atoms with Crippen molar-refractivity contribution < 1.29 is 19.1 Å². The number of aromatic nitrogens is 1. The van der Waals surface area contributed by atoms with E-state index in [-0.39, 0.29) is 5.69 Å². The van der Waals surface area contributed by atoms with Crippen LogP contribution in [0.2, 0.25) is 5.02 Å². The summed E-state index contributed by atoms with van der Waals surface area (Å²) >= 11 is 6.43. The second-order valence-corrected chi connectivity index (χ2v) is 7.49. The molecule has 0 spiro atoms. The Bertz CT molecular complexity index is 875. The van der Waals surface area contributed by atoms with Gasteiger partial charge in [-0.3, -0.25) is 4.90 Å². The Morgan fingerprint density at radius 2 is 1.85 bits per heavy atom. The number of rotatable bonds is 3. The van der Waals surface area contributed by atoms with Crippen LogP contribution in [-0.2, 0) is 9.47 Å². The number of hydrogen-bond acceptors (Lipinski definition) is 5. The minimum absolute atomic E-state index is 0.263. The van der Waals surface area contributed by atoms with Crippen molar-refractivity contribution in [1.29, 1.82) is 0 Å². The van der Waals surface area contributed by atoms with Gasteiger partial charge in [0, 0.05) is 30.1 Å². The lowest BCUT2D eigenvalue weighted by molar-refractivity contribution is 0.0581. The number of pyridine rings is 1. The van der Waals surface area contributed by atoms with Crippen molar-refractivity contribution in [1.82, 2.24) is 4.98 Å². The van der Waals surface area contributed by atoms with Crippen molar-refractivity contribution in [2.75, 3.05) is 19.1 Å². The summed E-state index contributed by atoms with van der Waals surface area (Å²) in [5.41, 5.74) is 2.47. The second kappa shape index (κ2) is 7.96. The molecule has 1 aromatic carbocycles. The Morgan fingerprint density at radius 1 is 1.19 bits per heavy atom. The topological polar surface area (TPSA) is 68.7 Å². The Kier molecular flexibility index (Phi) is 6.11. The predicted molar refractivity (Wildman–Crippen MR) is 105 cm³/mol. The number of benzene rings is 1. The molecule has 1 amide bonds. The van der Waals surface area contributed by atoms with E-state index in [0.717, 1.165) is 11.1 Å². The molecule has 1 aromatic heterocycles. The Morgan fingerprint density at radius 3 is 2.37 bits per heavy atom. The molecule has 7 heteroatoms. The molecule has 0 aliphatic carbocycles. The molecule has 2 rings (SSSR count). The maximum absolute atomic E-state index is 12.2. The first-order chi connectivity index (χ1) is 12.5. The third-order valence-corrected chi connectivity index (χ3v) is 4.09. The lowest BCUT2D eigenvalue weighted by Crippen LogP contribution is -2.34. The monoisotopic (exact) mass is 390 g/mol. The van der Waals surface area contributed by atoms with Crippen LogP contribution < -0.4 is 4.90 Å². The summed E-state index contributed by atoms with van der Waals surface area (Å²) in [6.07, 6.45) is 1.10. The minimum Gasteiger partial charge on any atom is -0.464 e. The van der Waals surface area contributed by atoms with E-state index in [1.165, 1.54) is 12.0 Å². The zero-order chi connectivity index (χ0) is 20.4. The van der Waals surface area contributed by atoms with E-state index in [0.29, 0.717) is 16.3 Å². The molecule has 0 N–H and O–H groups in total. The molecule has 0 saturated heterocycles. The summed E-state index contributed by atoms with van der Waals surface area (Å²) < 4.78 is 10.1. The molecule has 2 aromatic rings. The number of hydrogen-bond donors (Lipinski definition) is 0. The molecule has 6 nitrogen and oxygen atoms in total. The number of anilines is 1. The molecule has 0 unspecified atom stereocenters. The minimum atomic E-state index is -0.584. The molecular formula is C20H23ClN2O4. The number of aryl methyl sites for hydroxylation is 1. The summed E-state index contributed by atoms with van der Waals surface area (Å²) in [5.74, 6) is -0.487. The molecule has 1 heterocycles. The van der Waals surface area contributed by atoms with Gasteiger partial charge in [0.1, 0.15) is 5.60 Å². The van der Waals surface area contributed by atoms with E-state index in [9.17, 15) is 9.59 Å². The SMILES string of the molecule is COC(=O)c1ncc(-c2ccc(N(C)C(=O)OC(C)(C)C)cc2Cl)cc1C. The number of carbonyl (C=O) groups is 2. The van der Waals surface area contributed by atoms with Crippen molar-refractivity contribution in [3.05, 3.63) is 46.7 Å². The molecule has 0 bridgehead atoms. The van der Waals surface area contributed by atoms with Crippen LogP contribution in [0.15, 0.2) is 30.5 Å². The summed E-state index contributed by atoms with van der Waals surface area (Å²) in [7, 11) is 2.93. The van der Waals surface area contributed by atoms with Crippen molar-refractivity contribution in [2.24, 2.45) is 0 Å². The normalized spacial score (nSPS) is 11.1. The summed E-state index contributed by atoms with van der Waals surface area (Å²) in [6, 6.07) is 7.07. The fourth-order valence-electron chi connectivity index (χ4n) is 2.42. The number of nitrogens with zero attached hydrogens (tertiary/aromatic N) is 2. The van der Waals surface area contributed by atoms with Gasteiger partial charge < -0.3 is 9.47 Å². The highest BCUT2D eigenvalue weighted by atomic mass is 35.5. The first-order valence-electron chi connectivity index (χ1n) is 8.35. The highest BCUT2D eigenvalue weighted by Crippen LogP contribution is 2.32. The fraction of sp³-hybridized carbons (Fsp3) is 0.350. The van der Waals surface area contributed by atoms with Crippen LogP contribution in [0.5, 0.6) is 0 Å². The van der Waals surface area contributed by atoms with Gasteiger partial charge in [-0.1, -0.05) is 17.7 Å². The second-order valence-electron chi connectivity index (χ2n) is 7.08. The van der Waals surface area contributed by atoms with Crippen LogP contribution in [0.25, 0.3) is 11.1 Å². The number of esters is 1. The first-order valence-corrected chi connectivity index (χ1v) is 8.73. The van der Waals surface area contributed by atoms with Crippen LogP contribution in [0.1, 0.15) is 36.8 Å². The highest BCUT2D eigenvalue weighted by Gasteiger charge is 2.21. The van der Waals surface area contributed by atoms with Crippen molar-refractivity contribution in [2.45, 2.75) is 33.3 Å². The molecule has 0 fully saturated rings. The van der Waals surface area contributed by atoms with Gasteiger partial charge >= 0.3 is 12.1 Å². The van der Waals surface area contributed by atoms with Gasteiger partial charge in [0.05, 0.1) is 12.1 Å². The number of halogens is 1. The Hall–Kier alpha value is -2.60. The van der Waals surface area contributed by atoms with Crippen LogP contribution >= 0.6 is 11.6 Å². The van der Waals surface area contributed by atoms with Gasteiger partial charge in [-0.05, 0) is 51.5 Å². The quantitative estimate of drug-likeness (QED) is 0.699. The van der Waals surface area contributed by atoms with Crippen LogP contribution in [0, 0.1) is 6.92 Å². The number of ether oxygens (including phenoxy) is 2. The van der Waals surface area contributed by atoms with E-state index in [4.69, 9.17) is 21.1 Å². The van der Waals surface area contributed by atoms with E-state index in [1.54, 1.807) is 38.4 Å². The predicted octanol–water partition coefficient (Wildman–Crippen LogP) is 4.87. The summed E-state index contributed by atoms with van der Waals surface area (Å²) in [4.78, 5) is 29.4. The number of carbonyl (C=O) groups excluding carboxylic acids is 2. The third kappa shape index (κ3) is 4.98. The van der Waals surface area contributed by atoms with Crippen LogP contribution in [0.3, 0.4) is 0 Å². The summed E-state index contributed by atoms with van der Waals surface area (Å²) in [6.45, 7) is 7.20. The molecule has 0 aliphatic heterocycles. The average Bonchev–Trinajstić information content (AvgIpc) is 2.58. The molecule has 0 radical (unpaired) electrons. The van der Waals surface area contributed by atoms with Gasteiger partial charge in [0.15, 0.2) is 5.69 Å². The Labute approximate surface area is 164 Å². The van der Waals surface area contributed by atoms with Crippen molar-refractivity contribution in [3.63, 3.8) is 0 Å². The average molecular weight is 391 g/mol. The van der Waals surface area contributed by atoms with E-state index in [1.807, 2.05) is 26.8 Å². The molecule has 0 saturated carbocycles. The zero-order valence-electron chi connectivity index (χ0n) is 16.3. The lowest BCUT2D eigenvalue weighted by atomic mass is 10.0. The van der Waals surface area contributed by atoms with Crippen molar-refractivity contribution in [3.8, 4) is 11.1 Å². The van der Waals surface area contributed by atoms with E-state index in [2.05, 4.69) is 4.98 Å². The third-order valence-electron chi connectivity index (χ3n) is 3.78. The van der Waals surface area contributed by atoms with Gasteiger partial charge in [0.2, 0.25) is 0 Å². The van der Waals surface area contributed by atoms with Crippen LogP contribution in [-0.4, -0.2) is 36.8 Å². The fourth-order valence-corrected chi connectivity index (χ4v) is 2.70.